The van der Waals surface area contributed by atoms with Crippen molar-refractivity contribution in [2.45, 2.75) is 0 Å². The molecule has 2 aromatic carbocycles. The third kappa shape index (κ3) is 3.60. The Morgan fingerprint density at radius 3 is 2.29 bits per heavy atom. The lowest BCUT2D eigenvalue weighted by Crippen LogP contribution is -2.06. The highest BCUT2D eigenvalue weighted by molar-refractivity contribution is 9.10. The van der Waals surface area contributed by atoms with E-state index in [1.54, 1.807) is 0 Å². The standard InChI is InChI=1S/C16H12BrF2N5/c17-9-1-4-11(5-2-9)23-15-14(20)16(22-8-21-15)24-13-7-10(18)3-6-12(13)19/h1-8H,20H2,(H2,21,22,23,24). The fraction of sp³-hybridized carbons (Fsp3) is 0. The second kappa shape index (κ2) is 6.79. The van der Waals surface area contributed by atoms with Crippen LogP contribution in [0.4, 0.5) is 37.5 Å². The lowest BCUT2D eigenvalue weighted by Gasteiger charge is -2.13. The van der Waals surface area contributed by atoms with Crippen LogP contribution in [-0.2, 0) is 0 Å². The number of nitrogens with zero attached hydrogens (tertiary/aromatic N) is 2. The first kappa shape index (κ1) is 16.1. The lowest BCUT2D eigenvalue weighted by atomic mass is 10.3. The van der Waals surface area contributed by atoms with Crippen LogP contribution in [0.2, 0.25) is 0 Å². The molecule has 1 heterocycles. The number of rotatable bonds is 4. The second-order valence-corrected chi connectivity index (χ2v) is 5.78. The van der Waals surface area contributed by atoms with Crippen LogP contribution in [-0.4, -0.2) is 9.97 Å². The number of aromatic nitrogens is 2. The van der Waals surface area contributed by atoms with Crippen LogP contribution in [0.25, 0.3) is 0 Å². The van der Waals surface area contributed by atoms with E-state index in [2.05, 4.69) is 36.5 Å². The molecule has 8 heteroatoms. The quantitative estimate of drug-likeness (QED) is 0.606. The van der Waals surface area contributed by atoms with Crippen LogP contribution in [0.1, 0.15) is 0 Å². The van der Waals surface area contributed by atoms with Crippen molar-refractivity contribution in [1.29, 1.82) is 0 Å². The highest BCUT2D eigenvalue weighted by atomic mass is 79.9. The number of hydrogen-bond acceptors (Lipinski definition) is 5. The van der Waals surface area contributed by atoms with E-state index in [4.69, 9.17) is 5.73 Å². The first-order chi connectivity index (χ1) is 11.5. The average Bonchev–Trinajstić information content (AvgIpc) is 2.56. The Balaban J connectivity index is 1.88. The Hall–Kier alpha value is -2.74. The first-order valence-corrected chi connectivity index (χ1v) is 7.67. The predicted octanol–water partition coefficient (Wildman–Crippen LogP) is 4.59. The van der Waals surface area contributed by atoms with Crippen LogP contribution < -0.4 is 16.4 Å². The Morgan fingerprint density at radius 2 is 1.58 bits per heavy atom. The van der Waals surface area contributed by atoms with Gasteiger partial charge in [0.15, 0.2) is 11.6 Å². The molecule has 0 aliphatic carbocycles. The van der Waals surface area contributed by atoms with Gasteiger partial charge in [-0.05, 0) is 36.4 Å². The van der Waals surface area contributed by atoms with Crippen molar-refractivity contribution in [3.8, 4) is 0 Å². The van der Waals surface area contributed by atoms with E-state index in [0.29, 0.717) is 5.82 Å². The second-order valence-electron chi connectivity index (χ2n) is 4.87. The molecule has 0 atom stereocenters. The summed E-state index contributed by atoms with van der Waals surface area (Å²) in [7, 11) is 0. The van der Waals surface area contributed by atoms with Crippen molar-refractivity contribution in [2.24, 2.45) is 0 Å². The summed E-state index contributed by atoms with van der Waals surface area (Å²) in [6.07, 6.45) is 1.27. The van der Waals surface area contributed by atoms with Gasteiger partial charge in [-0.2, -0.15) is 0 Å². The molecule has 0 saturated carbocycles. The van der Waals surface area contributed by atoms with E-state index in [0.717, 1.165) is 28.4 Å². The van der Waals surface area contributed by atoms with Gasteiger partial charge in [-0.25, -0.2) is 18.7 Å². The van der Waals surface area contributed by atoms with Gasteiger partial charge in [0.25, 0.3) is 0 Å². The zero-order valence-electron chi connectivity index (χ0n) is 12.2. The van der Waals surface area contributed by atoms with Gasteiger partial charge in [-0.15, -0.1) is 0 Å². The zero-order chi connectivity index (χ0) is 17.1. The molecule has 24 heavy (non-hydrogen) atoms. The van der Waals surface area contributed by atoms with Gasteiger partial charge in [0.2, 0.25) is 0 Å². The summed E-state index contributed by atoms with van der Waals surface area (Å²) < 4.78 is 27.9. The van der Waals surface area contributed by atoms with Gasteiger partial charge in [0.05, 0.1) is 5.69 Å². The fourth-order valence-corrected chi connectivity index (χ4v) is 2.25. The number of benzene rings is 2. The number of halogens is 3. The van der Waals surface area contributed by atoms with E-state index >= 15 is 0 Å². The van der Waals surface area contributed by atoms with Crippen molar-refractivity contribution in [2.75, 3.05) is 16.4 Å². The van der Waals surface area contributed by atoms with E-state index in [1.807, 2.05) is 24.3 Å². The smallest absolute Gasteiger partial charge is 0.159 e. The topological polar surface area (TPSA) is 75.9 Å². The van der Waals surface area contributed by atoms with Gasteiger partial charge in [0.1, 0.15) is 23.6 Å². The fourth-order valence-electron chi connectivity index (χ4n) is 1.99. The molecule has 0 spiro atoms. The number of nitrogens with two attached hydrogens (primary N) is 1. The van der Waals surface area contributed by atoms with Crippen LogP contribution in [0.5, 0.6) is 0 Å². The largest absolute Gasteiger partial charge is 0.393 e. The molecule has 0 unspecified atom stereocenters. The molecular weight excluding hydrogens is 380 g/mol. The number of nitrogen functional groups attached to an aromatic ring is 1. The molecule has 0 amide bonds. The molecule has 0 aliphatic rings. The molecule has 3 aromatic rings. The Bertz CT molecular complexity index is 871. The van der Waals surface area contributed by atoms with Gasteiger partial charge >= 0.3 is 0 Å². The minimum absolute atomic E-state index is 0.0602. The molecule has 5 nitrogen and oxygen atoms in total. The Labute approximate surface area is 145 Å². The van der Waals surface area contributed by atoms with Crippen LogP contribution in [0.15, 0.2) is 53.3 Å². The van der Waals surface area contributed by atoms with Gasteiger partial charge in [-0.3, -0.25) is 0 Å². The Kier molecular flexibility index (Phi) is 4.57. The molecular formula is C16H12BrF2N5. The maximum absolute atomic E-state index is 13.7. The van der Waals surface area contributed by atoms with Gasteiger partial charge in [-0.1, -0.05) is 15.9 Å². The highest BCUT2D eigenvalue weighted by Gasteiger charge is 2.11. The predicted molar refractivity (Wildman–Crippen MR) is 93.5 cm³/mol. The molecule has 122 valence electrons. The van der Waals surface area contributed by atoms with Gasteiger partial charge in [0, 0.05) is 16.2 Å². The lowest BCUT2D eigenvalue weighted by molar-refractivity contribution is 0.603. The molecule has 0 saturated heterocycles. The molecule has 0 aliphatic heterocycles. The summed E-state index contributed by atoms with van der Waals surface area (Å²) >= 11 is 3.35. The third-order valence-corrected chi connectivity index (χ3v) is 3.70. The summed E-state index contributed by atoms with van der Waals surface area (Å²) in [5.41, 5.74) is 6.92. The maximum Gasteiger partial charge on any atom is 0.159 e. The average molecular weight is 392 g/mol. The Morgan fingerprint density at radius 1 is 0.917 bits per heavy atom. The van der Waals surface area contributed by atoms with Crippen molar-refractivity contribution in [3.05, 3.63) is 64.9 Å². The van der Waals surface area contributed by atoms with Crippen molar-refractivity contribution < 1.29 is 8.78 Å². The van der Waals surface area contributed by atoms with E-state index in [9.17, 15) is 8.78 Å². The number of nitrogens with one attached hydrogen (secondary N) is 2. The highest BCUT2D eigenvalue weighted by Crippen LogP contribution is 2.29. The first-order valence-electron chi connectivity index (χ1n) is 6.88. The summed E-state index contributed by atoms with van der Waals surface area (Å²) in [5.74, 6) is -0.655. The van der Waals surface area contributed by atoms with Crippen molar-refractivity contribution in [3.63, 3.8) is 0 Å². The third-order valence-electron chi connectivity index (χ3n) is 3.17. The summed E-state index contributed by atoms with van der Waals surface area (Å²) in [4.78, 5) is 8.05. The van der Waals surface area contributed by atoms with Crippen LogP contribution in [0, 0.1) is 11.6 Å². The van der Waals surface area contributed by atoms with Gasteiger partial charge < -0.3 is 16.4 Å². The molecule has 1 aromatic heterocycles. The zero-order valence-corrected chi connectivity index (χ0v) is 13.8. The van der Waals surface area contributed by atoms with E-state index in [-0.39, 0.29) is 17.2 Å². The van der Waals surface area contributed by atoms with Crippen molar-refractivity contribution in [1.82, 2.24) is 9.97 Å². The van der Waals surface area contributed by atoms with Crippen molar-refractivity contribution >= 4 is 44.6 Å². The number of anilines is 5. The summed E-state index contributed by atoms with van der Waals surface area (Å²) in [6, 6.07) is 10.5. The van der Waals surface area contributed by atoms with Crippen LogP contribution >= 0.6 is 15.9 Å². The molecule has 4 N–H and O–H groups in total. The normalized spacial score (nSPS) is 10.5. The van der Waals surface area contributed by atoms with Crippen LogP contribution in [0.3, 0.4) is 0 Å². The molecule has 3 rings (SSSR count). The van der Waals surface area contributed by atoms with E-state index in [1.165, 1.54) is 6.33 Å². The molecule has 0 fully saturated rings. The minimum atomic E-state index is -0.614. The summed E-state index contributed by atoms with van der Waals surface area (Å²) in [5, 5.41) is 5.72. The SMILES string of the molecule is Nc1c(Nc2ccc(Br)cc2)ncnc1Nc1cc(F)ccc1F. The summed E-state index contributed by atoms with van der Waals surface area (Å²) in [6.45, 7) is 0. The maximum atomic E-state index is 13.7. The molecule has 0 radical (unpaired) electrons. The minimum Gasteiger partial charge on any atom is -0.393 e. The van der Waals surface area contributed by atoms with E-state index < -0.39 is 11.6 Å². The number of hydrogen-bond donors (Lipinski definition) is 3. The monoisotopic (exact) mass is 391 g/mol. The molecule has 0 bridgehead atoms.